The summed E-state index contributed by atoms with van der Waals surface area (Å²) in [5.74, 6) is 0.140. The Balaban J connectivity index is 1.80. The largest absolute Gasteiger partial charge is 0.493 e. The molecule has 28 heavy (non-hydrogen) atoms. The van der Waals surface area contributed by atoms with Crippen molar-refractivity contribution in [3.63, 3.8) is 0 Å². The van der Waals surface area contributed by atoms with Gasteiger partial charge in [-0.05, 0) is 36.2 Å². The van der Waals surface area contributed by atoms with E-state index in [1.54, 1.807) is 38.5 Å². The summed E-state index contributed by atoms with van der Waals surface area (Å²) in [4.78, 5) is 26.5. The molecule has 0 fully saturated rings. The summed E-state index contributed by atoms with van der Waals surface area (Å²) < 4.78 is 10.5. The molecule has 1 aliphatic heterocycles. The summed E-state index contributed by atoms with van der Waals surface area (Å²) in [7, 11) is 3.09. The van der Waals surface area contributed by atoms with Crippen LogP contribution in [0.4, 0.5) is 0 Å². The van der Waals surface area contributed by atoms with Gasteiger partial charge in [-0.3, -0.25) is 14.5 Å². The van der Waals surface area contributed by atoms with Crippen LogP contribution in [0.2, 0.25) is 10.0 Å². The third-order valence-electron chi connectivity index (χ3n) is 4.38. The van der Waals surface area contributed by atoms with Gasteiger partial charge < -0.3 is 9.47 Å². The molecule has 146 valence electrons. The number of hydrogen-bond acceptors (Lipinski definition) is 4. The van der Waals surface area contributed by atoms with E-state index in [1.807, 2.05) is 6.07 Å². The molecule has 0 unspecified atom stereocenters. The lowest BCUT2D eigenvalue weighted by Crippen LogP contribution is -2.33. The minimum absolute atomic E-state index is 0.0839. The highest BCUT2D eigenvalue weighted by Gasteiger charge is 2.38. The second-order valence-corrected chi connectivity index (χ2v) is 7.24. The van der Waals surface area contributed by atoms with E-state index >= 15 is 0 Å². The molecular weight excluding hydrogens is 425 g/mol. The van der Waals surface area contributed by atoms with Crippen LogP contribution in [0.25, 0.3) is 5.57 Å². The molecule has 0 N–H and O–H groups in total. The molecule has 0 aromatic heterocycles. The molecule has 2 aromatic carbocycles. The Morgan fingerprint density at radius 2 is 1.61 bits per heavy atom. The van der Waals surface area contributed by atoms with Crippen molar-refractivity contribution in [2.45, 2.75) is 6.42 Å². The van der Waals surface area contributed by atoms with Crippen molar-refractivity contribution in [3.8, 4) is 11.5 Å². The normalized spacial score (nSPS) is 14.1. The molecule has 0 bridgehead atoms. The molecular formula is C20H16Cl3NO4. The number of hydrogen-bond donors (Lipinski definition) is 0. The number of imide groups is 1. The Labute approximate surface area is 177 Å². The van der Waals surface area contributed by atoms with Crippen molar-refractivity contribution in [1.82, 2.24) is 4.90 Å². The van der Waals surface area contributed by atoms with Gasteiger partial charge in [0.15, 0.2) is 11.5 Å². The summed E-state index contributed by atoms with van der Waals surface area (Å²) in [5, 5.41) is 0.526. The van der Waals surface area contributed by atoms with Gasteiger partial charge in [-0.15, -0.1) is 0 Å². The van der Waals surface area contributed by atoms with Gasteiger partial charge >= 0.3 is 0 Å². The summed E-state index contributed by atoms with van der Waals surface area (Å²) in [6.45, 7) is 0.165. The number of carbonyl (C=O) groups is 2. The van der Waals surface area contributed by atoms with E-state index in [9.17, 15) is 9.59 Å². The van der Waals surface area contributed by atoms with E-state index in [0.29, 0.717) is 28.5 Å². The van der Waals surface area contributed by atoms with Crippen LogP contribution < -0.4 is 9.47 Å². The molecule has 1 heterocycles. The maximum atomic E-state index is 12.8. The van der Waals surface area contributed by atoms with Crippen LogP contribution in [0.15, 0.2) is 41.4 Å². The smallest absolute Gasteiger partial charge is 0.273 e. The highest BCUT2D eigenvalue weighted by Crippen LogP contribution is 2.36. The Morgan fingerprint density at radius 1 is 0.893 bits per heavy atom. The second kappa shape index (κ2) is 8.43. The Hall–Kier alpha value is -2.21. The fourth-order valence-corrected chi connectivity index (χ4v) is 3.74. The number of amides is 2. The zero-order valence-electron chi connectivity index (χ0n) is 15.1. The molecule has 0 saturated heterocycles. The monoisotopic (exact) mass is 439 g/mol. The lowest BCUT2D eigenvalue weighted by molar-refractivity contribution is -0.136. The summed E-state index contributed by atoms with van der Waals surface area (Å²) in [6, 6.07) is 10.1. The molecule has 1 aliphatic rings. The van der Waals surface area contributed by atoms with Crippen LogP contribution in [-0.2, 0) is 16.0 Å². The highest BCUT2D eigenvalue weighted by atomic mass is 35.5. The topological polar surface area (TPSA) is 55.8 Å². The number of carbonyl (C=O) groups excluding carboxylic acids is 2. The molecule has 5 nitrogen and oxygen atoms in total. The van der Waals surface area contributed by atoms with Crippen LogP contribution in [0.3, 0.4) is 0 Å². The Morgan fingerprint density at radius 3 is 2.25 bits per heavy atom. The molecule has 0 saturated carbocycles. The van der Waals surface area contributed by atoms with Crippen molar-refractivity contribution < 1.29 is 19.1 Å². The second-order valence-electron chi connectivity index (χ2n) is 6.01. The quantitative estimate of drug-likeness (QED) is 0.617. The summed E-state index contributed by atoms with van der Waals surface area (Å²) in [6.07, 6.45) is 0.434. The van der Waals surface area contributed by atoms with E-state index < -0.39 is 11.8 Å². The predicted molar refractivity (Wildman–Crippen MR) is 109 cm³/mol. The van der Waals surface area contributed by atoms with E-state index in [1.165, 1.54) is 6.07 Å². The Kier molecular flexibility index (Phi) is 6.18. The molecule has 3 rings (SSSR count). The number of benzene rings is 2. The van der Waals surface area contributed by atoms with Crippen molar-refractivity contribution in [3.05, 3.63) is 62.6 Å². The van der Waals surface area contributed by atoms with E-state index in [4.69, 9.17) is 44.3 Å². The molecule has 8 heteroatoms. The first-order chi connectivity index (χ1) is 13.4. The maximum Gasteiger partial charge on any atom is 0.273 e. The SMILES string of the molecule is COc1ccc(CCN2C(=O)C(Cl)=C(c3ccc(Cl)cc3Cl)C2=O)cc1OC. The molecule has 0 radical (unpaired) electrons. The molecule has 0 spiro atoms. The van der Waals surface area contributed by atoms with E-state index in [0.717, 1.165) is 10.5 Å². The van der Waals surface area contributed by atoms with Crippen molar-refractivity contribution in [1.29, 1.82) is 0 Å². The third-order valence-corrected chi connectivity index (χ3v) is 5.28. The van der Waals surface area contributed by atoms with Crippen LogP contribution in [0.5, 0.6) is 11.5 Å². The summed E-state index contributed by atoms with van der Waals surface area (Å²) in [5.41, 5.74) is 1.34. The number of halogens is 3. The fraction of sp³-hybridized carbons (Fsp3) is 0.200. The number of ether oxygens (including phenoxy) is 2. The van der Waals surface area contributed by atoms with Crippen LogP contribution in [0.1, 0.15) is 11.1 Å². The van der Waals surface area contributed by atoms with Gasteiger partial charge in [0.25, 0.3) is 11.8 Å². The zero-order chi connectivity index (χ0) is 20.4. The van der Waals surface area contributed by atoms with Crippen molar-refractivity contribution in [2.75, 3.05) is 20.8 Å². The molecule has 0 aliphatic carbocycles. The van der Waals surface area contributed by atoms with Gasteiger partial charge in [0, 0.05) is 17.1 Å². The van der Waals surface area contributed by atoms with Gasteiger partial charge in [-0.2, -0.15) is 0 Å². The lowest BCUT2D eigenvalue weighted by Gasteiger charge is -2.16. The number of nitrogens with zero attached hydrogens (tertiary/aromatic N) is 1. The average Bonchev–Trinajstić information content (AvgIpc) is 2.89. The molecule has 2 amide bonds. The Bertz CT molecular complexity index is 987. The molecule has 2 aromatic rings. The fourth-order valence-electron chi connectivity index (χ4n) is 2.95. The maximum absolute atomic E-state index is 12.8. The first kappa shape index (κ1) is 20.5. The molecule has 0 atom stereocenters. The average molecular weight is 441 g/mol. The number of rotatable bonds is 6. The van der Waals surface area contributed by atoms with Crippen molar-refractivity contribution >= 4 is 52.2 Å². The van der Waals surface area contributed by atoms with Crippen LogP contribution >= 0.6 is 34.8 Å². The highest BCUT2D eigenvalue weighted by molar-refractivity contribution is 6.55. The standard InChI is InChI=1S/C20H16Cl3NO4/c1-27-15-6-3-11(9-16(15)28-2)7-8-24-19(25)17(18(23)20(24)26)13-5-4-12(21)10-14(13)22/h3-6,9-10H,7-8H2,1-2H3. The van der Waals surface area contributed by atoms with Gasteiger partial charge in [-0.1, -0.05) is 46.9 Å². The van der Waals surface area contributed by atoms with Crippen molar-refractivity contribution in [2.24, 2.45) is 0 Å². The minimum atomic E-state index is -0.548. The van der Waals surface area contributed by atoms with Gasteiger partial charge in [0.2, 0.25) is 0 Å². The van der Waals surface area contributed by atoms with Crippen LogP contribution in [0, 0.1) is 0 Å². The number of methoxy groups -OCH3 is 2. The zero-order valence-corrected chi connectivity index (χ0v) is 17.4. The van der Waals surface area contributed by atoms with Gasteiger partial charge in [0.1, 0.15) is 5.03 Å². The van der Waals surface area contributed by atoms with E-state index in [2.05, 4.69) is 0 Å². The van der Waals surface area contributed by atoms with Gasteiger partial charge in [0.05, 0.1) is 24.8 Å². The van der Waals surface area contributed by atoms with Gasteiger partial charge in [-0.25, -0.2) is 0 Å². The minimum Gasteiger partial charge on any atom is -0.493 e. The third kappa shape index (κ3) is 3.83. The first-order valence-electron chi connectivity index (χ1n) is 8.29. The van der Waals surface area contributed by atoms with E-state index in [-0.39, 0.29) is 22.2 Å². The van der Waals surface area contributed by atoms with Crippen LogP contribution in [-0.4, -0.2) is 37.5 Å². The summed E-state index contributed by atoms with van der Waals surface area (Å²) >= 11 is 18.3. The first-order valence-corrected chi connectivity index (χ1v) is 9.43. The predicted octanol–water partition coefficient (Wildman–Crippen LogP) is 4.57. The lowest BCUT2D eigenvalue weighted by atomic mass is 10.1.